The second-order valence-electron chi connectivity index (χ2n) is 6.86. The molecule has 27 heavy (non-hydrogen) atoms. The third-order valence-electron chi connectivity index (χ3n) is 5.11. The fraction of sp³-hybridized carbons (Fsp3) is 0.286. The fourth-order valence-corrected chi connectivity index (χ4v) is 3.89. The van der Waals surface area contributed by atoms with Crippen molar-refractivity contribution in [3.63, 3.8) is 0 Å². The van der Waals surface area contributed by atoms with Gasteiger partial charge in [-0.05, 0) is 74.0 Å². The number of likely N-dealkylation sites (N-methyl/N-ethyl adjacent to an activating group) is 1. The van der Waals surface area contributed by atoms with Gasteiger partial charge in [0.15, 0.2) is 0 Å². The van der Waals surface area contributed by atoms with Crippen LogP contribution in [0.15, 0.2) is 60.7 Å². The topological polar surface area (TPSA) is 98.1 Å². The first-order chi connectivity index (χ1) is 13.1. The zero-order valence-corrected chi connectivity index (χ0v) is 15.7. The lowest BCUT2D eigenvalue weighted by molar-refractivity contribution is -0.123. The molecular formula is C21H25N5O. The Labute approximate surface area is 159 Å². The smallest absolute Gasteiger partial charge is 0.238 e. The molecule has 1 aliphatic rings. The maximum absolute atomic E-state index is 13.7. The highest BCUT2D eigenvalue weighted by Gasteiger charge is 2.50. The van der Waals surface area contributed by atoms with Crippen LogP contribution >= 0.6 is 0 Å². The number of rotatable bonds is 6. The van der Waals surface area contributed by atoms with Crippen LogP contribution < -0.4 is 16.4 Å². The SMILES string of the molecule is CCN1C(=O)C(CC(=CN)/C=C\N)(Cc2ccnnc2)c2cc(C)ccc21. The summed E-state index contributed by atoms with van der Waals surface area (Å²) >= 11 is 0. The summed E-state index contributed by atoms with van der Waals surface area (Å²) in [4.78, 5) is 15.5. The van der Waals surface area contributed by atoms with Gasteiger partial charge in [-0.2, -0.15) is 10.2 Å². The van der Waals surface area contributed by atoms with Crippen molar-refractivity contribution in [2.75, 3.05) is 11.4 Å². The molecule has 1 aromatic heterocycles. The molecule has 1 amide bonds. The fourth-order valence-electron chi connectivity index (χ4n) is 3.89. The van der Waals surface area contributed by atoms with Crippen molar-refractivity contribution in [1.29, 1.82) is 0 Å². The second-order valence-corrected chi connectivity index (χ2v) is 6.86. The average molecular weight is 363 g/mol. The average Bonchev–Trinajstić information content (AvgIpc) is 2.90. The minimum Gasteiger partial charge on any atom is -0.405 e. The van der Waals surface area contributed by atoms with E-state index in [9.17, 15) is 4.79 Å². The summed E-state index contributed by atoms with van der Waals surface area (Å²) in [5.41, 5.74) is 15.5. The number of amides is 1. The molecule has 2 aromatic rings. The summed E-state index contributed by atoms with van der Waals surface area (Å²) in [6.45, 7) is 4.64. The van der Waals surface area contributed by atoms with E-state index in [1.54, 1.807) is 18.5 Å². The van der Waals surface area contributed by atoms with Crippen molar-refractivity contribution >= 4 is 11.6 Å². The van der Waals surface area contributed by atoms with E-state index in [1.807, 2.05) is 36.9 Å². The highest BCUT2D eigenvalue weighted by molar-refractivity contribution is 6.08. The molecule has 1 unspecified atom stereocenters. The van der Waals surface area contributed by atoms with E-state index in [-0.39, 0.29) is 5.91 Å². The first-order valence-electron chi connectivity index (χ1n) is 9.03. The van der Waals surface area contributed by atoms with Crippen LogP contribution in [0.3, 0.4) is 0 Å². The van der Waals surface area contributed by atoms with Gasteiger partial charge in [-0.1, -0.05) is 17.7 Å². The summed E-state index contributed by atoms with van der Waals surface area (Å²) in [6.07, 6.45) is 9.07. The van der Waals surface area contributed by atoms with Gasteiger partial charge in [0.2, 0.25) is 5.91 Å². The highest BCUT2D eigenvalue weighted by atomic mass is 16.2. The number of nitrogens with zero attached hydrogens (tertiary/aromatic N) is 3. The third-order valence-corrected chi connectivity index (χ3v) is 5.11. The second kappa shape index (κ2) is 7.61. The van der Waals surface area contributed by atoms with Crippen molar-refractivity contribution in [3.8, 4) is 0 Å². The number of aromatic nitrogens is 2. The Bertz CT molecular complexity index is 891. The van der Waals surface area contributed by atoms with E-state index in [1.165, 1.54) is 12.4 Å². The van der Waals surface area contributed by atoms with Crippen molar-refractivity contribution < 1.29 is 4.79 Å². The van der Waals surface area contributed by atoms with Crippen LogP contribution in [0.25, 0.3) is 0 Å². The molecule has 0 spiro atoms. The summed E-state index contributed by atoms with van der Waals surface area (Å²) in [5, 5.41) is 7.84. The van der Waals surface area contributed by atoms with Gasteiger partial charge in [0.05, 0.1) is 11.6 Å². The Morgan fingerprint density at radius 2 is 2.07 bits per heavy atom. The standard InChI is InChI=1S/C21H25N5O/c1-3-26-19-5-4-15(2)10-18(19)21(20(26)27,11-16(13-23)6-8-22)12-17-7-9-24-25-14-17/h4-10,13-14H,3,11-12,22-23H2,1-2H3/b8-6-,16-13?. The van der Waals surface area contributed by atoms with Gasteiger partial charge in [0.1, 0.15) is 0 Å². The van der Waals surface area contributed by atoms with Crippen LogP contribution in [0, 0.1) is 6.92 Å². The largest absolute Gasteiger partial charge is 0.405 e. The van der Waals surface area contributed by atoms with E-state index in [0.29, 0.717) is 19.4 Å². The lowest BCUT2D eigenvalue weighted by Gasteiger charge is -2.29. The molecular weight excluding hydrogens is 338 g/mol. The number of allylic oxidation sites excluding steroid dienone is 2. The normalized spacial score (nSPS) is 19.7. The lowest BCUT2D eigenvalue weighted by Crippen LogP contribution is -2.42. The van der Waals surface area contributed by atoms with Gasteiger partial charge in [0, 0.05) is 18.4 Å². The number of benzene rings is 1. The quantitative estimate of drug-likeness (QED) is 0.768. The van der Waals surface area contributed by atoms with Crippen LogP contribution in [0.4, 0.5) is 5.69 Å². The van der Waals surface area contributed by atoms with Gasteiger partial charge in [-0.15, -0.1) is 0 Å². The number of anilines is 1. The van der Waals surface area contributed by atoms with E-state index in [4.69, 9.17) is 11.5 Å². The molecule has 4 N–H and O–H groups in total. The van der Waals surface area contributed by atoms with Crippen LogP contribution in [0.5, 0.6) is 0 Å². The number of carbonyl (C=O) groups excluding carboxylic acids is 1. The highest BCUT2D eigenvalue weighted by Crippen LogP contribution is 2.47. The van der Waals surface area contributed by atoms with Crippen molar-refractivity contribution in [2.24, 2.45) is 11.5 Å². The summed E-state index contributed by atoms with van der Waals surface area (Å²) in [6, 6.07) is 8.08. The Hall–Kier alpha value is -3.15. The Morgan fingerprint density at radius 3 is 2.70 bits per heavy atom. The number of aryl methyl sites for hydroxylation is 1. The van der Waals surface area contributed by atoms with Gasteiger partial charge in [-0.25, -0.2) is 0 Å². The minimum absolute atomic E-state index is 0.0761. The van der Waals surface area contributed by atoms with E-state index < -0.39 is 5.41 Å². The zero-order chi connectivity index (χ0) is 19.4. The number of nitrogens with two attached hydrogens (primary N) is 2. The summed E-state index contributed by atoms with van der Waals surface area (Å²) in [7, 11) is 0. The van der Waals surface area contributed by atoms with E-state index in [0.717, 1.165) is 28.0 Å². The Balaban J connectivity index is 2.20. The summed E-state index contributed by atoms with van der Waals surface area (Å²) in [5.74, 6) is 0.0761. The Morgan fingerprint density at radius 1 is 1.26 bits per heavy atom. The van der Waals surface area contributed by atoms with Crippen LogP contribution in [-0.2, 0) is 16.6 Å². The molecule has 1 atom stereocenters. The maximum atomic E-state index is 13.7. The Kier molecular flexibility index (Phi) is 5.26. The predicted molar refractivity (Wildman–Crippen MR) is 107 cm³/mol. The molecule has 1 aliphatic heterocycles. The number of carbonyl (C=O) groups is 1. The number of hydrogen-bond donors (Lipinski definition) is 2. The lowest BCUT2D eigenvalue weighted by atomic mass is 9.72. The van der Waals surface area contributed by atoms with Gasteiger partial charge in [0.25, 0.3) is 0 Å². The van der Waals surface area contributed by atoms with Gasteiger partial charge < -0.3 is 16.4 Å². The molecule has 6 heteroatoms. The van der Waals surface area contributed by atoms with Crippen LogP contribution in [-0.4, -0.2) is 22.6 Å². The predicted octanol–water partition coefficient (Wildman–Crippen LogP) is 2.34. The number of hydrogen-bond acceptors (Lipinski definition) is 5. The molecule has 0 aliphatic carbocycles. The summed E-state index contributed by atoms with van der Waals surface area (Å²) < 4.78 is 0. The van der Waals surface area contributed by atoms with Gasteiger partial charge in [-0.3, -0.25) is 4.79 Å². The van der Waals surface area contributed by atoms with Gasteiger partial charge >= 0.3 is 0 Å². The van der Waals surface area contributed by atoms with Crippen molar-refractivity contribution in [3.05, 3.63) is 77.4 Å². The molecule has 0 saturated heterocycles. The number of fused-ring (bicyclic) bond motifs is 1. The minimum atomic E-state index is -0.759. The molecule has 3 rings (SSSR count). The van der Waals surface area contributed by atoms with Crippen molar-refractivity contribution in [2.45, 2.75) is 32.1 Å². The molecule has 1 aromatic carbocycles. The first-order valence-corrected chi connectivity index (χ1v) is 9.03. The third kappa shape index (κ3) is 3.30. The molecule has 6 nitrogen and oxygen atoms in total. The van der Waals surface area contributed by atoms with Crippen molar-refractivity contribution in [1.82, 2.24) is 10.2 Å². The molecule has 0 bridgehead atoms. The molecule has 0 fully saturated rings. The zero-order valence-electron chi connectivity index (χ0n) is 15.7. The van der Waals surface area contributed by atoms with E-state index in [2.05, 4.69) is 16.3 Å². The van der Waals surface area contributed by atoms with Crippen LogP contribution in [0.2, 0.25) is 0 Å². The monoisotopic (exact) mass is 363 g/mol. The first kappa shape index (κ1) is 18.6. The van der Waals surface area contributed by atoms with Crippen LogP contribution in [0.1, 0.15) is 30.0 Å². The molecule has 0 saturated carbocycles. The molecule has 2 heterocycles. The molecule has 140 valence electrons. The van der Waals surface area contributed by atoms with E-state index >= 15 is 0 Å². The maximum Gasteiger partial charge on any atom is 0.238 e. The molecule has 0 radical (unpaired) electrons.